The van der Waals surface area contributed by atoms with E-state index in [2.05, 4.69) is 17.3 Å². The lowest BCUT2D eigenvalue weighted by Crippen LogP contribution is -2.40. The zero-order valence-corrected chi connectivity index (χ0v) is 11.1. The lowest BCUT2D eigenvalue weighted by molar-refractivity contribution is 0.0915. The van der Waals surface area contributed by atoms with Crippen LogP contribution in [-0.4, -0.2) is 21.7 Å². The predicted octanol–water partition coefficient (Wildman–Crippen LogP) is 1.97. The van der Waals surface area contributed by atoms with Gasteiger partial charge in [0.25, 0.3) is 5.91 Å². The van der Waals surface area contributed by atoms with Crippen LogP contribution in [0.5, 0.6) is 0 Å². The standard InChI is InChI=1S/C14H21N3O/c1-9(13-6-10-3-4-11(13)5-10)16-14(18)12-7-15-17(2)8-12/h7-11,13H,3-6H2,1-2H3,(H,16,18)/t9-,10+,11+,13+/m0/s1. The lowest BCUT2D eigenvalue weighted by atomic mass is 9.84. The molecule has 4 atom stereocenters. The van der Waals surface area contributed by atoms with Gasteiger partial charge >= 0.3 is 0 Å². The maximum Gasteiger partial charge on any atom is 0.254 e. The van der Waals surface area contributed by atoms with Crippen LogP contribution >= 0.6 is 0 Å². The van der Waals surface area contributed by atoms with Crippen molar-refractivity contribution in [2.24, 2.45) is 24.8 Å². The van der Waals surface area contributed by atoms with Gasteiger partial charge in [0, 0.05) is 19.3 Å². The van der Waals surface area contributed by atoms with Crippen molar-refractivity contribution in [1.29, 1.82) is 0 Å². The number of fused-ring (bicyclic) bond motifs is 2. The maximum absolute atomic E-state index is 12.1. The van der Waals surface area contributed by atoms with Crippen LogP contribution in [0.15, 0.2) is 12.4 Å². The van der Waals surface area contributed by atoms with Crippen molar-refractivity contribution in [3.05, 3.63) is 18.0 Å². The molecule has 4 nitrogen and oxygen atoms in total. The van der Waals surface area contributed by atoms with Crippen LogP contribution < -0.4 is 5.32 Å². The van der Waals surface area contributed by atoms with Gasteiger partial charge in [-0.15, -0.1) is 0 Å². The second-order valence-electron chi connectivity index (χ2n) is 6.00. The number of hydrogen-bond donors (Lipinski definition) is 1. The molecular weight excluding hydrogens is 226 g/mol. The Bertz CT molecular complexity index is 454. The van der Waals surface area contributed by atoms with Crippen LogP contribution in [0.4, 0.5) is 0 Å². The van der Waals surface area contributed by atoms with Gasteiger partial charge in [-0.25, -0.2) is 0 Å². The van der Waals surface area contributed by atoms with Crippen LogP contribution in [-0.2, 0) is 7.05 Å². The molecule has 0 spiro atoms. The van der Waals surface area contributed by atoms with E-state index in [1.807, 2.05) is 7.05 Å². The Morgan fingerprint density at radius 1 is 1.50 bits per heavy atom. The first kappa shape index (κ1) is 11.8. The number of hydrogen-bond acceptors (Lipinski definition) is 2. The second kappa shape index (κ2) is 4.41. The molecule has 0 radical (unpaired) electrons. The van der Waals surface area contributed by atoms with E-state index in [1.165, 1.54) is 25.7 Å². The summed E-state index contributed by atoms with van der Waals surface area (Å²) in [7, 11) is 1.83. The van der Waals surface area contributed by atoms with E-state index in [4.69, 9.17) is 0 Å². The topological polar surface area (TPSA) is 46.9 Å². The predicted molar refractivity (Wildman–Crippen MR) is 69.1 cm³/mol. The van der Waals surface area contributed by atoms with Gasteiger partial charge in [0.2, 0.25) is 0 Å². The number of nitrogens with zero attached hydrogens (tertiary/aromatic N) is 2. The fourth-order valence-corrected chi connectivity index (χ4v) is 3.84. The smallest absolute Gasteiger partial charge is 0.254 e. The first-order chi connectivity index (χ1) is 8.63. The number of rotatable bonds is 3. The van der Waals surface area contributed by atoms with Gasteiger partial charge in [0.15, 0.2) is 0 Å². The van der Waals surface area contributed by atoms with E-state index < -0.39 is 0 Å². The molecule has 2 bridgehead atoms. The Morgan fingerprint density at radius 3 is 2.89 bits per heavy atom. The molecule has 1 aromatic rings. The van der Waals surface area contributed by atoms with Crippen LogP contribution in [0.2, 0.25) is 0 Å². The van der Waals surface area contributed by atoms with E-state index in [9.17, 15) is 4.79 Å². The third-order valence-corrected chi connectivity index (χ3v) is 4.76. The summed E-state index contributed by atoms with van der Waals surface area (Å²) in [5.74, 6) is 2.47. The summed E-state index contributed by atoms with van der Waals surface area (Å²) < 4.78 is 1.66. The molecular formula is C14H21N3O. The fraction of sp³-hybridized carbons (Fsp3) is 0.714. The number of carbonyl (C=O) groups is 1. The molecule has 1 heterocycles. The molecule has 98 valence electrons. The number of aromatic nitrogens is 2. The summed E-state index contributed by atoms with van der Waals surface area (Å²) in [5, 5.41) is 7.18. The Kier molecular flexibility index (Phi) is 2.88. The highest BCUT2D eigenvalue weighted by Crippen LogP contribution is 2.49. The van der Waals surface area contributed by atoms with Gasteiger partial charge in [-0.3, -0.25) is 9.48 Å². The second-order valence-corrected chi connectivity index (χ2v) is 6.00. The first-order valence-corrected chi connectivity index (χ1v) is 6.93. The monoisotopic (exact) mass is 247 g/mol. The van der Waals surface area contributed by atoms with Crippen LogP contribution in [0.3, 0.4) is 0 Å². The summed E-state index contributed by atoms with van der Waals surface area (Å²) in [5.41, 5.74) is 0.660. The number of nitrogens with one attached hydrogen (secondary N) is 1. The maximum atomic E-state index is 12.1. The zero-order valence-electron chi connectivity index (χ0n) is 11.1. The summed E-state index contributed by atoms with van der Waals surface area (Å²) in [4.78, 5) is 12.1. The minimum atomic E-state index is 0.0124. The van der Waals surface area contributed by atoms with Gasteiger partial charge in [0.05, 0.1) is 11.8 Å². The number of amides is 1. The molecule has 0 aliphatic heterocycles. The fourth-order valence-electron chi connectivity index (χ4n) is 3.84. The van der Waals surface area contributed by atoms with Crippen molar-refractivity contribution in [2.45, 2.75) is 38.6 Å². The Morgan fingerprint density at radius 2 is 2.33 bits per heavy atom. The largest absolute Gasteiger partial charge is 0.349 e. The van der Waals surface area contributed by atoms with Crippen molar-refractivity contribution in [3.8, 4) is 0 Å². The van der Waals surface area contributed by atoms with Crippen molar-refractivity contribution >= 4 is 5.91 Å². The van der Waals surface area contributed by atoms with Crippen molar-refractivity contribution in [1.82, 2.24) is 15.1 Å². The van der Waals surface area contributed by atoms with E-state index in [0.717, 1.165) is 11.8 Å². The molecule has 0 unspecified atom stereocenters. The number of aryl methyl sites for hydroxylation is 1. The van der Waals surface area contributed by atoms with Gasteiger partial charge in [-0.1, -0.05) is 6.42 Å². The zero-order chi connectivity index (χ0) is 12.7. The van der Waals surface area contributed by atoms with Crippen molar-refractivity contribution < 1.29 is 4.79 Å². The van der Waals surface area contributed by atoms with Crippen LogP contribution in [0.1, 0.15) is 43.0 Å². The van der Waals surface area contributed by atoms with E-state index in [0.29, 0.717) is 11.5 Å². The molecule has 3 rings (SSSR count). The molecule has 1 amide bonds. The van der Waals surface area contributed by atoms with Gasteiger partial charge in [-0.05, 0) is 43.9 Å². The van der Waals surface area contributed by atoms with E-state index in [1.54, 1.807) is 17.1 Å². The molecule has 4 heteroatoms. The Hall–Kier alpha value is -1.32. The Balaban J connectivity index is 1.61. The third-order valence-electron chi connectivity index (χ3n) is 4.76. The van der Waals surface area contributed by atoms with Crippen LogP contribution in [0.25, 0.3) is 0 Å². The minimum absolute atomic E-state index is 0.0124. The highest BCUT2D eigenvalue weighted by atomic mass is 16.1. The molecule has 0 aromatic carbocycles. The highest BCUT2D eigenvalue weighted by Gasteiger charge is 2.42. The summed E-state index contributed by atoms with van der Waals surface area (Å²) >= 11 is 0. The minimum Gasteiger partial charge on any atom is -0.349 e. The molecule has 18 heavy (non-hydrogen) atoms. The Labute approximate surface area is 108 Å². The molecule has 2 saturated carbocycles. The van der Waals surface area contributed by atoms with Crippen LogP contribution in [0, 0.1) is 17.8 Å². The quantitative estimate of drug-likeness (QED) is 0.887. The highest BCUT2D eigenvalue weighted by molar-refractivity contribution is 5.93. The summed E-state index contributed by atoms with van der Waals surface area (Å²) in [6.07, 6.45) is 8.86. The normalized spacial score (nSPS) is 31.6. The average Bonchev–Trinajstić information content (AvgIpc) is 3.03. The summed E-state index contributed by atoms with van der Waals surface area (Å²) in [6.45, 7) is 2.15. The first-order valence-electron chi connectivity index (χ1n) is 6.93. The van der Waals surface area contributed by atoms with Gasteiger partial charge < -0.3 is 5.32 Å². The van der Waals surface area contributed by atoms with Gasteiger partial charge in [-0.2, -0.15) is 5.10 Å². The summed E-state index contributed by atoms with van der Waals surface area (Å²) in [6, 6.07) is 0.285. The SMILES string of the molecule is C[C@H](NC(=O)c1cnn(C)c1)[C@H]1C[C@@H]2CC[C@@H]1C2. The van der Waals surface area contributed by atoms with Gasteiger partial charge in [0.1, 0.15) is 0 Å². The molecule has 1 aromatic heterocycles. The molecule has 1 N–H and O–H groups in total. The third kappa shape index (κ3) is 2.04. The van der Waals surface area contributed by atoms with E-state index >= 15 is 0 Å². The average molecular weight is 247 g/mol. The molecule has 2 fully saturated rings. The number of carbonyl (C=O) groups excluding carboxylic acids is 1. The van der Waals surface area contributed by atoms with E-state index in [-0.39, 0.29) is 11.9 Å². The molecule has 0 saturated heterocycles. The molecule has 2 aliphatic carbocycles. The lowest BCUT2D eigenvalue weighted by Gasteiger charge is -2.28. The van der Waals surface area contributed by atoms with Crippen molar-refractivity contribution in [3.63, 3.8) is 0 Å². The molecule has 2 aliphatic rings. The van der Waals surface area contributed by atoms with Crippen molar-refractivity contribution in [2.75, 3.05) is 0 Å².